The molecule has 0 saturated heterocycles. The van der Waals surface area contributed by atoms with Crippen LogP contribution in [0.1, 0.15) is 38.5 Å². The number of benzene rings is 1. The number of nitrogens with one attached hydrogen (secondary N) is 1. The molecule has 4 nitrogen and oxygen atoms in total. The van der Waals surface area contributed by atoms with Crippen molar-refractivity contribution in [2.45, 2.75) is 38.5 Å². The Hall–Kier alpha value is -2.02. The van der Waals surface area contributed by atoms with Crippen molar-refractivity contribution in [3.63, 3.8) is 0 Å². The van der Waals surface area contributed by atoms with Gasteiger partial charge in [-0.25, -0.2) is 0 Å². The summed E-state index contributed by atoms with van der Waals surface area (Å²) < 4.78 is 0. The first-order chi connectivity index (χ1) is 10.1. The summed E-state index contributed by atoms with van der Waals surface area (Å²) in [6.07, 6.45) is 5.50. The van der Waals surface area contributed by atoms with Gasteiger partial charge in [0, 0.05) is 25.5 Å². The Morgan fingerprint density at radius 3 is 2.19 bits per heavy atom. The van der Waals surface area contributed by atoms with E-state index in [0.29, 0.717) is 12.8 Å². The minimum Gasteiger partial charge on any atom is -0.378 e. The summed E-state index contributed by atoms with van der Waals surface area (Å²) in [6, 6.07) is 9.97. The lowest BCUT2D eigenvalue weighted by molar-refractivity contribution is -0.123. The van der Waals surface area contributed by atoms with Crippen molar-refractivity contribution in [3.05, 3.63) is 24.3 Å². The predicted octanol–water partition coefficient (Wildman–Crippen LogP) is 3.56. The van der Waals surface area contributed by atoms with E-state index in [1.165, 1.54) is 0 Å². The van der Waals surface area contributed by atoms with Crippen molar-refractivity contribution < 1.29 is 4.79 Å². The maximum absolute atomic E-state index is 12.5. The second kappa shape index (κ2) is 6.62. The molecule has 0 unspecified atom stereocenters. The van der Waals surface area contributed by atoms with Crippen LogP contribution in [0.3, 0.4) is 0 Å². The number of nitrogens with zero attached hydrogens (tertiary/aromatic N) is 2. The molecule has 1 N–H and O–H groups in total. The Kier molecular flexibility index (Phi) is 4.85. The Balaban J connectivity index is 2.10. The fourth-order valence-corrected chi connectivity index (χ4v) is 2.82. The minimum absolute atomic E-state index is 0.149. The van der Waals surface area contributed by atoms with Gasteiger partial charge in [0.05, 0.1) is 6.07 Å². The smallest absolute Gasteiger partial charge is 0.244 e. The normalized spacial score (nSPS) is 17.4. The molecule has 0 heterocycles. The van der Waals surface area contributed by atoms with Crippen LogP contribution in [0.15, 0.2) is 24.3 Å². The third-order valence-electron chi connectivity index (χ3n) is 4.25. The average Bonchev–Trinajstić information content (AvgIpc) is 2.74. The Morgan fingerprint density at radius 2 is 1.71 bits per heavy atom. The lowest BCUT2D eigenvalue weighted by atomic mass is 9.81. The van der Waals surface area contributed by atoms with Crippen LogP contribution >= 0.6 is 0 Å². The van der Waals surface area contributed by atoms with Gasteiger partial charge in [0.1, 0.15) is 5.41 Å². The zero-order chi connectivity index (χ0) is 15.3. The van der Waals surface area contributed by atoms with Gasteiger partial charge in [-0.15, -0.1) is 0 Å². The molecule has 1 amide bonds. The predicted molar refractivity (Wildman–Crippen MR) is 85.1 cm³/mol. The molecule has 0 aromatic heterocycles. The average molecular weight is 285 g/mol. The first-order valence-corrected chi connectivity index (χ1v) is 7.57. The summed E-state index contributed by atoms with van der Waals surface area (Å²) in [5.74, 6) is -0.149. The van der Waals surface area contributed by atoms with Crippen LogP contribution in [-0.2, 0) is 4.79 Å². The summed E-state index contributed by atoms with van der Waals surface area (Å²) >= 11 is 0. The van der Waals surface area contributed by atoms with E-state index in [0.717, 1.165) is 37.1 Å². The van der Waals surface area contributed by atoms with E-state index in [9.17, 15) is 10.1 Å². The highest BCUT2D eigenvalue weighted by atomic mass is 16.2. The number of carbonyl (C=O) groups is 1. The molecule has 2 rings (SSSR count). The molecule has 1 fully saturated rings. The van der Waals surface area contributed by atoms with Gasteiger partial charge >= 0.3 is 0 Å². The maximum atomic E-state index is 12.5. The van der Waals surface area contributed by atoms with E-state index < -0.39 is 5.41 Å². The molecule has 0 atom stereocenters. The van der Waals surface area contributed by atoms with Gasteiger partial charge in [-0.3, -0.25) is 4.79 Å². The van der Waals surface area contributed by atoms with Crippen molar-refractivity contribution in [2.24, 2.45) is 5.41 Å². The van der Waals surface area contributed by atoms with E-state index >= 15 is 0 Å². The number of carbonyl (C=O) groups excluding carboxylic acids is 1. The number of amides is 1. The molecule has 1 aromatic rings. The molecule has 1 aliphatic carbocycles. The highest BCUT2D eigenvalue weighted by Gasteiger charge is 2.38. The Morgan fingerprint density at radius 1 is 1.14 bits per heavy atom. The molecule has 0 radical (unpaired) electrons. The molecule has 21 heavy (non-hydrogen) atoms. The lowest BCUT2D eigenvalue weighted by Crippen LogP contribution is -2.34. The molecular weight excluding hydrogens is 262 g/mol. The third-order valence-corrected chi connectivity index (χ3v) is 4.25. The molecule has 0 aliphatic heterocycles. The van der Waals surface area contributed by atoms with Gasteiger partial charge in [0.2, 0.25) is 5.91 Å². The molecule has 1 aliphatic rings. The summed E-state index contributed by atoms with van der Waals surface area (Å²) in [6.45, 7) is 0. The highest BCUT2D eigenvalue weighted by Crippen LogP contribution is 2.35. The first kappa shape index (κ1) is 15.4. The second-order valence-corrected chi connectivity index (χ2v) is 6.00. The minimum atomic E-state index is -0.850. The quantitative estimate of drug-likeness (QED) is 0.864. The standard InChI is InChI=1S/C17H23N3O/c1-20(2)15-9-7-14(8-10-15)19-16(21)17(13-18)11-5-3-4-6-12-17/h7-10H,3-6,11-12H2,1-2H3,(H,19,21). The molecule has 0 bridgehead atoms. The summed E-state index contributed by atoms with van der Waals surface area (Å²) in [5, 5.41) is 12.4. The molecule has 0 spiro atoms. The van der Waals surface area contributed by atoms with Crippen LogP contribution in [-0.4, -0.2) is 20.0 Å². The third kappa shape index (κ3) is 3.55. The van der Waals surface area contributed by atoms with Crippen LogP contribution < -0.4 is 10.2 Å². The van der Waals surface area contributed by atoms with Crippen molar-refractivity contribution in [2.75, 3.05) is 24.3 Å². The number of rotatable bonds is 3. The van der Waals surface area contributed by atoms with Crippen molar-refractivity contribution in [1.82, 2.24) is 0 Å². The summed E-state index contributed by atoms with van der Waals surface area (Å²) in [4.78, 5) is 14.6. The SMILES string of the molecule is CN(C)c1ccc(NC(=O)C2(C#N)CCCCCC2)cc1. The molecular formula is C17H23N3O. The van der Waals surface area contributed by atoms with Gasteiger partial charge in [-0.05, 0) is 37.1 Å². The zero-order valence-electron chi connectivity index (χ0n) is 12.9. The lowest BCUT2D eigenvalue weighted by Gasteiger charge is -2.23. The van der Waals surface area contributed by atoms with Crippen LogP contribution in [0.5, 0.6) is 0 Å². The van der Waals surface area contributed by atoms with Crippen molar-refractivity contribution in [1.29, 1.82) is 5.26 Å². The monoisotopic (exact) mass is 285 g/mol. The second-order valence-electron chi connectivity index (χ2n) is 6.00. The van der Waals surface area contributed by atoms with Crippen LogP contribution in [0.4, 0.5) is 11.4 Å². The largest absolute Gasteiger partial charge is 0.378 e. The number of anilines is 2. The van der Waals surface area contributed by atoms with Gasteiger partial charge in [-0.2, -0.15) is 5.26 Å². The van der Waals surface area contributed by atoms with Gasteiger partial charge in [0.15, 0.2) is 0 Å². The van der Waals surface area contributed by atoms with Crippen LogP contribution in [0.2, 0.25) is 0 Å². The highest BCUT2D eigenvalue weighted by molar-refractivity contribution is 5.97. The maximum Gasteiger partial charge on any atom is 0.244 e. The van der Waals surface area contributed by atoms with E-state index in [1.54, 1.807) is 0 Å². The van der Waals surface area contributed by atoms with Crippen LogP contribution in [0, 0.1) is 16.7 Å². The molecule has 1 saturated carbocycles. The number of hydrogen-bond acceptors (Lipinski definition) is 3. The topological polar surface area (TPSA) is 56.1 Å². The molecule has 1 aromatic carbocycles. The number of nitriles is 1. The Labute approximate surface area is 126 Å². The molecule has 4 heteroatoms. The zero-order valence-corrected chi connectivity index (χ0v) is 12.9. The summed E-state index contributed by atoms with van der Waals surface area (Å²) in [5.41, 5.74) is 0.985. The molecule has 112 valence electrons. The fourth-order valence-electron chi connectivity index (χ4n) is 2.82. The van der Waals surface area contributed by atoms with Crippen molar-refractivity contribution >= 4 is 17.3 Å². The van der Waals surface area contributed by atoms with E-state index in [2.05, 4.69) is 11.4 Å². The number of hydrogen-bond donors (Lipinski definition) is 1. The van der Waals surface area contributed by atoms with Crippen molar-refractivity contribution in [3.8, 4) is 6.07 Å². The Bertz CT molecular complexity index is 520. The van der Waals surface area contributed by atoms with Gasteiger partial charge in [-0.1, -0.05) is 25.7 Å². The van der Waals surface area contributed by atoms with Crippen LogP contribution in [0.25, 0.3) is 0 Å². The summed E-state index contributed by atoms with van der Waals surface area (Å²) in [7, 11) is 3.95. The van der Waals surface area contributed by atoms with E-state index in [-0.39, 0.29) is 5.91 Å². The van der Waals surface area contributed by atoms with Gasteiger partial charge < -0.3 is 10.2 Å². The first-order valence-electron chi connectivity index (χ1n) is 7.57. The van der Waals surface area contributed by atoms with E-state index in [1.807, 2.05) is 43.3 Å². The van der Waals surface area contributed by atoms with E-state index in [4.69, 9.17) is 0 Å². The van der Waals surface area contributed by atoms with Gasteiger partial charge in [0.25, 0.3) is 0 Å². The fraction of sp³-hybridized carbons (Fsp3) is 0.529.